The van der Waals surface area contributed by atoms with Crippen LogP contribution in [0.3, 0.4) is 0 Å². The van der Waals surface area contributed by atoms with Gasteiger partial charge in [0.2, 0.25) is 0 Å². The van der Waals surface area contributed by atoms with Crippen LogP contribution in [0.2, 0.25) is 0 Å². The van der Waals surface area contributed by atoms with E-state index >= 15 is 0 Å². The molecule has 0 unspecified atom stereocenters. The van der Waals surface area contributed by atoms with Crippen molar-refractivity contribution < 1.29 is 4.79 Å². The number of anilines is 1. The number of carbonyl (C=O) groups is 1. The van der Waals surface area contributed by atoms with E-state index in [1.165, 1.54) is 0 Å². The Kier molecular flexibility index (Phi) is 6.81. The zero-order valence-electron chi connectivity index (χ0n) is 14.3. The lowest BCUT2D eigenvalue weighted by molar-refractivity contribution is 0.0827. The first-order valence-corrected chi connectivity index (χ1v) is 8.02. The average molecular weight is 321 g/mol. The molecule has 0 fully saturated rings. The molecule has 1 amide bonds. The third-order valence-corrected chi connectivity index (χ3v) is 3.75. The molecule has 2 N–H and O–H groups in total. The van der Waals surface area contributed by atoms with E-state index in [1.54, 1.807) is 31.1 Å². The van der Waals surface area contributed by atoms with Gasteiger partial charge in [-0.15, -0.1) is 0 Å². The Bertz CT molecular complexity index is 501. The summed E-state index contributed by atoms with van der Waals surface area (Å²) in [6, 6.07) is 7.66. The fourth-order valence-corrected chi connectivity index (χ4v) is 2.63. The van der Waals surface area contributed by atoms with Gasteiger partial charge in [-0.3, -0.25) is 4.79 Å². The largest absolute Gasteiger partial charge is 0.359 e. The summed E-state index contributed by atoms with van der Waals surface area (Å²) in [5.74, 6) is 0.992. The summed E-state index contributed by atoms with van der Waals surface area (Å²) in [4.78, 5) is 13.4. The molecule has 0 atom stereocenters. The van der Waals surface area contributed by atoms with Crippen molar-refractivity contribution in [3.63, 3.8) is 0 Å². The molecule has 122 valence electrons. The van der Waals surface area contributed by atoms with Gasteiger partial charge in [0.25, 0.3) is 5.91 Å². The minimum Gasteiger partial charge on any atom is -0.359 e. The molecule has 0 saturated heterocycles. The maximum Gasteiger partial charge on any atom is 0.253 e. The van der Waals surface area contributed by atoms with E-state index < -0.39 is 0 Å². The summed E-state index contributed by atoms with van der Waals surface area (Å²) in [5.41, 5.74) is 1.54. The monoisotopic (exact) mass is 321 g/mol. The highest BCUT2D eigenvalue weighted by Crippen LogP contribution is 2.14. The van der Waals surface area contributed by atoms with Crippen molar-refractivity contribution in [2.24, 2.45) is 11.8 Å². The number of amides is 1. The molecule has 0 bridgehead atoms. The van der Waals surface area contributed by atoms with Crippen LogP contribution in [0.25, 0.3) is 0 Å². The number of thiocarbonyl (C=S) groups is 1. The van der Waals surface area contributed by atoms with Crippen molar-refractivity contribution in [2.45, 2.75) is 33.7 Å². The second-order valence-electron chi connectivity index (χ2n) is 6.39. The second-order valence-corrected chi connectivity index (χ2v) is 6.80. The van der Waals surface area contributed by atoms with Crippen LogP contribution in [0.1, 0.15) is 38.1 Å². The summed E-state index contributed by atoms with van der Waals surface area (Å²) in [7, 11) is 3.48. The first-order valence-electron chi connectivity index (χ1n) is 7.61. The summed E-state index contributed by atoms with van der Waals surface area (Å²) >= 11 is 5.38. The van der Waals surface area contributed by atoms with Gasteiger partial charge in [0.15, 0.2) is 5.11 Å². The number of nitrogens with one attached hydrogen (secondary N) is 2. The highest BCUT2D eigenvalue weighted by molar-refractivity contribution is 7.80. The van der Waals surface area contributed by atoms with Crippen molar-refractivity contribution in [1.82, 2.24) is 10.2 Å². The Morgan fingerprint density at radius 2 is 1.55 bits per heavy atom. The molecule has 22 heavy (non-hydrogen) atoms. The highest BCUT2D eigenvalue weighted by atomic mass is 32.1. The van der Waals surface area contributed by atoms with Gasteiger partial charge in [-0.05, 0) is 48.3 Å². The first kappa shape index (κ1) is 18.4. The SMILES string of the molecule is CC(C)C(NC(=S)Nc1ccc(C(=O)N(C)C)cc1)C(C)C. The van der Waals surface area contributed by atoms with Crippen LogP contribution in [-0.4, -0.2) is 36.1 Å². The molecule has 1 aromatic carbocycles. The van der Waals surface area contributed by atoms with Gasteiger partial charge >= 0.3 is 0 Å². The molecule has 0 saturated carbocycles. The van der Waals surface area contributed by atoms with E-state index in [0.717, 1.165) is 5.69 Å². The van der Waals surface area contributed by atoms with Gasteiger partial charge in [-0.25, -0.2) is 0 Å². The van der Waals surface area contributed by atoms with Crippen LogP contribution < -0.4 is 10.6 Å². The van der Waals surface area contributed by atoms with E-state index in [0.29, 0.717) is 28.6 Å². The number of carbonyl (C=O) groups excluding carboxylic acids is 1. The van der Waals surface area contributed by atoms with Crippen molar-refractivity contribution in [3.8, 4) is 0 Å². The molecule has 4 nitrogen and oxygen atoms in total. The van der Waals surface area contributed by atoms with Crippen molar-refractivity contribution in [3.05, 3.63) is 29.8 Å². The van der Waals surface area contributed by atoms with Crippen LogP contribution in [0.4, 0.5) is 5.69 Å². The molecular formula is C17H27N3OS. The predicted octanol–water partition coefficient (Wildman–Crippen LogP) is 3.36. The van der Waals surface area contributed by atoms with E-state index in [9.17, 15) is 4.79 Å². The van der Waals surface area contributed by atoms with Crippen LogP contribution in [-0.2, 0) is 0 Å². The Balaban J connectivity index is 2.67. The molecule has 0 heterocycles. The Hall–Kier alpha value is -1.62. The summed E-state index contributed by atoms with van der Waals surface area (Å²) < 4.78 is 0. The number of hydrogen-bond acceptors (Lipinski definition) is 2. The van der Waals surface area contributed by atoms with E-state index in [4.69, 9.17) is 12.2 Å². The average Bonchev–Trinajstić information content (AvgIpc) is 2.44. The molecule has 0 aliphatic carbocycles. The number of benzene rings is 1. The van der Waals surface area contributed by atoms with Crippen LogP contribution in [0.15, 0.2) is 24.3 Å². The fourth-order valence-electron chi connectivity index (χ4n) is 2.38. The lowest BCUT2D eigenvalue weighted by atomic mass is 9.93. The molecular weight excluding hydrogens is 294 g/mol. The van der Waals surface area contributed by atoms with E-state index in [2.05, 4.69) is 38.3 Å². The topological polar surface area (TPSA) is 44.4 Å². The number of rotatable bonds is 5. The molecule has 0 radical (unpaired) electrons. The standard InChI is InChI=1S/C17H27N3OS/c1-11(2)15(12(3)4)19-17(22)18-14-9-7-13(8-10-14)16(21)20(5)6/h7-12,15H,1-6H3,(H2,18,19,22). The van der Waals surface area contributed by atoms with Crippen LogP contribution >= 0.6 is 12.2 Å². The quantitative estimate of drug-likeness (QED) is 0.816. The second kappa shape index (κ2) is 8.13. The Labute approximate surface area is 139 Å². The van der Waals surface area contributed by atoms with Crippen LogP contribution in [0, 0.1) is 11.8 Å². The fraction of sp³-hybridized carbons (Fsp3) is 0.529. The molecule has 1 aromatic rings. The van der Waals surface area contributed by atoms with E-state index in [1.807, 2.05) is 12.1 Å². The van der Waals surface area contributed by atoms with E-state index in [-0.39, 0.29) is 5.91 Å². The van der Waals surface area contributed by atoms with Crippen molar-refractivity contribution in [1.29, 1.82) is 0 Å². The zero-order chi connectivity index (χ0) is 16.9. The normalized spacial score (nSPS) is 11.0. The summed E-state index contributed by atoms with van der Waals surface area (Å²) in [6.07, 6.45) is 0. The lowest BCUT2D eigenvalue weighted by Crippen LogP contribution is -2.44. The van der Waals surface area contributed by atoms with Crippen LogP contribution in [0.5, 0.6) is 0 Å². The zero-order valence-corrected chi connectivity index (χ0v) is 15.1. The number of nitrogens with zero attached hydrogens (tertiary/aromatic N) is 1. The summed E-state index contributed by atoms with van der Waals surface area (Å²) in [5, 5.41) is 7.15. The lowest BCUT2D eigenvalue weighted by Gasteiger charge is -2.27. The first-order chi connectivity index (χ1) is 10.2. The highest BCUT2D eigenvalue weighted by Gasteiger charge is 2.18. The number of hydrogen-bond donors (Lipinski definition) is 2. The maximum atomic E-state index is 11.8. The Morgan fingerprint density at radius 1 is 1.05 bits per heavy atom. The molecule has 1 rings (SSSR count). The van der Waals surface area contributed by atoms with Crippen molar-refractivity contribution >= 4 is 28.9 Å². The molecule has 5 heteroatoms. The summed E-state index contributed by atoms with van der Waals surface area (Å²) in [6.45, 7) is 8.73. The molecule has 0 spiro atoms. The van der Waals surface area contributed by atoms with Gasteiger partial charge in [-0.1, -0.05) is 27.7 Å². The molecule has 0 aliphatic rings. The van der Waals surface area contributed by atoms with Gasteiger partial charge in [0.05, 0.1) is 0 Å². The third kappa shape index (κ3) is 5.30. The minimum atomic E-state index is -0.00747. The Morgan fingerprint density at radius 3 is 1.95 bits per heavy atom. The maximum absolute atomic E-state index is 11.8. The van der Waals surface area contributed by atoms with Gasteiger partial charge in [0.1, 0.15) is 0 Å². The third-order valence-electron chi connectivity index (χ3n) is 3.53. The minimum absolute atomic E-state index is 0.00747. The molecule has 0 aliphatic heterocycles. The smallest absolute Gasteiger partial charge is 0.253 e. The molecule has 0 aromatic heterocycles. The van der Waals surface area contributed by atoms with Gasteiger partial charge < -0.3 is 15.5 Å². The predicted molar refractivity (Wildman–Crippen MR) is 97.3 cm³/mol. The van der Waals surface area contributed by atoms with Gasteiger partial charge in [-0.2, -0.15) is 0 Å². The van der Waals surface area contributed by atoms with Crippen molar-refractivity contribution in [2.75, 3.05) is 19.4 Å². The van der Waals surface area contributed by atoms with Gasteiger partial charge in [0, 0.05) is 31.4 Å².